The second-order valence-corrected chi connectivity index (χ2v) is 6.52. The van der Waals surface area contributed by atoms with Crippen LogP contribution in [0.2, 0.25) is 0 Å². The van der Waals surface area contributed by atoms with E-state index in [1.54, 1.807) is 13.8 Å². The van der Waals surface area contributed by atoms with Crippen LogP contribution in [0, 0.1) is 13.8 Å². The highest BCUT2D eigenvalue weighted by atomic mass is 16.6. The topological polar surface area (TPSA) is 110 Å². The van der Waals surface area contributed by atoms with Gasteiger partial charge in [-0.2, -0.15) is 0 Å². The van der Waals surface area contributed by atoms with Crippen molar-refractivity contribution in [1.29, 1.82) is 0 Å². The van der Waals surface area contributed by atoms with Gasteiger partial charge in [-0.3, -0.25) is 14.4 Å². The lowest BCUT2D eigenvalue weighted by molar-refractivity contribution is -0.169. The molecule has 2 N–H and O–H groups in total. The summed E-state index contributed by atoms with van der Waals surface area (Å²) in [5, 5.41) is 20.0. The minimum absolute atomic E-state index is 0.0427. The van der Waals surface area contributed by atoms with E-state index in [0.29, 0.717) is 5.56 Å². The number of carbonyl (C=O) groups excluding carboxylic acids is 3. The van der Waals surface area contributed by atoms with Gasteiger partial charge in [0.05, 0.1) is 5.56 Å². The first kappa shape index (κ1) is 17.2. The van der Waals surface area contributed by atoms with Crippen molar-refractivity contribution in [2.45, 2.75) is 38.9 Å². The average molecular weight is 346 g/mol. The number of hydrogen-bond donors (Lipinski definition) is 2. The Labute approximate surface area is 143 Å². The molecule has 0 amide bonds. The van der Waals surface area contributed by atoms with Gasteiger partial charge in [0.25, 0.3) is 5.60 Å². The van der Waals surface area contributed by atoms with Crippen molar-refractivity contribution in [2.75, 3.05) is 7.11 Å². The minimum Gasteiger partial charge on any atom is -0.508 e. The maximum Gasteiger partial charge on any atom is 0.269 e. The van der Waals surface area contributed by atoms with E-state index in [1.807, 2.05) is 0 Å². The van der Waals surface area contributed by atoms with E-state index in [-0.39, 0.29) is 28.2 Å². The molecule has 1 aliphatic carbocycles. The Morgan fingerprint density at radius 2 is 1.64 bits per heavy atom. The Morgan fingerprint density at radius 3 is 2.20 bits per heavy atom. The lowest BCUT2D eigenvalue weighted by Crippen LogP contribution is -2.71. The van der Waals surface area contributed by atoms with Crippen molar-refractivity contribution < 1.29 is 34.1 Å². The second-order valence-electron chi connectivity index (χ2n) is 6.52. The SMILES string of the molecule is CO[C@]1(C)C(=O)C(O)=C(C)C(=O)[C@@]12Oc1c(C)c(O)cc(C)c1C2=O. The number of phenolic OH excluding ortho intramolecular Hbond substituents is 1. The molecule has 0 bridgehead atoms. The van der Waals surface area contributed by atoms with Gasteiger partial charge in [-0.15, -0.1) is 0 Å². The zero-order chi connectivity index (χ0) is 18.9. The average Bonchev–Trinajstić information content (AvgIpc) is 2.90. The van der Waals surface area contributed by atoms with Crippen molar-refractivity contribution in [2.24, 2.45) is 0 Å². The molecular weight excluding hydrogens is 328 g/mol. The van der Waals surface area contributed by atoms with Crippen LogP contribution in [0.3, 0.4) is 0 Å². The van der Waals surface area contributed by atoms with Crippen molar-refractivity contribution in [3.8, 4) is 11.5 Å². The number of hydrogen-bond acceptors (Lipinski definition) is 7. The molecule has 7 heteroatoms. The third-order valence-corrected chi connectivity index (χ3v) is 5.25. The number of phenols is 1. The molecule has 0 radical (unpaired) electrons. The lowest BCUT2D eigenvalue weighted by atomic mass is 9.68. The molecule has 7 nitrogen and oxygen atoms in total. The van der Waals surface area contributed by atoms with E-state index in [2.05, 4.69) is 0 Å². The Bertz CT molecular complexity index is 895. The Kier molecular flexibility index (Phi) is 3.38. The van der Waals surface area contributed by atoms with Crippen LogP contribution in [0.1, 0.15) is 35.3 Å². The number of aliphatic hydroxyl groups excluding tert-OH is 1. The van der Waals surface area contributed by atoms with Gasteiger partial charge in [-0.05, 0) is 39.3 Å². The standard InChI is InChI=1S/C18H18O7/c1-7-6-10(19)8(2)13-11(7)15(22)18(25-13)14(21)9(3)12(20)16(23)17(18,4)24-5/h6,19-20H,1-5H3/t17-,18+/m1/s1. The van der Waals surface area contributed by atoms with E-state index in [0.717, 1.165) is 7.11 Å². The highest BCUT2D eigenvalue weighted by Crippen LogP contribution is 2.51. The van der Waals surface area contributed by atoms with E-state index in [1.165, 1.54) is 19.9 Å². The fourth-order valence-corrected chi connectivity index (χ4v) is 3.50. The van der Waals surface area contributed by atoms with Gasteiger partial charge < -0.3 is 19.7 Å². The first-order valence-electron chi connectivity index (χ1n) is 7.66. The number of aromatic hydroxyl groups is 1. The second kappa shape index (κ2) is 4.92. The van der Waals surface area contributed by atoms with Crippen LogP contribution in [0.15, 0.2) is 17.4 Å². The van der Waals surface area contributed by atoms with Crippen LogP contribution >= 0.6 is 0 Å². The molecule has 0 unspecified atom stereocenters. The van der Waals surface area contributed by atoms with Gasteiger partial charge in [0, 0.05) is 18.2 Å². The number of Topliss-reactive ketones (excluding diaryl/α,β-unsaturated/α-hetero) is 3. The van der Waals surface area contributed by atoms with Crippen LogP contribution in [0.5, 0.6) is 11.5 Å². The monoisotopic (exact) mass is 346 g/mol. The summed E-state index contributed by atoms with van der Waals surface area (Å²) in [5.41, 5.74) is -3.77. The molecular formula is C18H18O7. The number of rotatable bonds is 1. The first-order valence-corrected chi connectivity index (χ1v) is 7.66. The predicted octanol–water partition coefficient (Wildman–Crippen LogP) is 1.71. The lowest BCUT2D eigenvalue weighted by Gasteiger charge is -2.43. The molecule has 2 atom stereocenters. The number of ether oxygens (including phenoxy) is 2. The maximum atomic E-state index is 13.3. The Morgan fingerprint density at radius 1 is 1.04 bits per heavy atom. The summed E-state index contributed by atoms with van der Waals surface area (Å²) in [6, 6.07) is 1.40. The molecule has 1 aromatic rings. The number of aliphatic hydroxyl groups is 1. The molecule has 1 spiro atoms. The summed E-state index contributed by atoms with van der Waals surface area (Å²) >= 11 is 0. The van der Waals surface area contributed by atoms with E-state index in [4.69, 9.17) is 9.47 Å². The summed E-state index contributed by atoms with van der Waals surface area (Å²) < 4.78 is 11.1. The van der Waals surface area contributed by atoms with E-state index < -0.39 is 34.3 Å². The predicted molar refractivity (Wildman–Crippen MR) is 86.0 cm³/mol. The third-order valence-electron chi connectivity index (χ3n) is 5.25. The van der Waals surface area contributed by atoms with Crippen LogP contribution in [0.25, 0.3) is 0 Å². The number of aryl methyl sites for hydroxylation is 1. The number of fused-ring (bicyclic) bond motifs is 1. The van der Waals surface area contributed by atoms with Crippen LogP contribution in [-0.4, -0.2) is 45.9 Å². The highest BCUT2D eigenvalue weighted by Gasteiger charge is 2.72. The molecule has 0 fully saturated rings. The highest BCUT2D eigenvalue weighted by molar-refractivity contribution is 6.33. The number of benzene rings is 1. The molecule has 2 aliphatic rings. The van der Waals surface area contributed by atoms with Gasteiger partial charge in [-0.25, -0.2) is 0 Å². The van der Waals surface area contributed by atoms with Gasteiger partial charge >= 0.3 is 0 Å². The molecule has 25 heavy (non-hydrogen) atoms. The third kappa shape index (κ3) is 1.71. The maximum absolute atomic E-state index is 13.3. The molecule has 0 saturated heterocycles. The van der Waals surface area contributed by atoms with Crippen LogP contribution in [-0.2, 0) is 14.3 Å². The van der Waals surface area contributed by atoms with Crippen LogP contribution < -0.4 is 4.74 Å². The van der Waals surface area contributed by atoms with Gasteiger partial charge in [0.15, 0.2) is 11.4 Å². The summed E-state index contributed by atoms with van der Waals surface area (Å²) in [6.07, 6.45) is 0. The quantitative estimate of drug-likeness (QED) is 0.745. The molecule has 1 heterocycles. The van der Waals surface area contributed by atoms with Gasteiger partial charge in [-0.1, -0.05) is 0 Å². The number of carbonyl (C=O) groups is 3. The van der Waals surface area contributed by atoms with E-state index >= 15 is 0 Å². The zero-order valence-electron chi connectivity index (χ0n) is 14.5. The normalized spacial score (nSPS) is 28.6. The Balaban J connectivity index is 2.39. The first-order chi connectivity index (χ1) is 11.5. The van der Waals surface area contributed by atoms with Crippen molar-refractivity contribution >= 4 is 17.3 Å². The fraction of sp³-hybridized carbons (Fsp3) is 0.389. The molecule has 0 saturated carbocycles. The molecule has 0 aromatic heterocycles. The molecule has 1 aromatic carbocycles. The van der Waals surface area contributed by atoms with E-state index in [9.17, 15) is 24.6 Å². The fourth-order valence-electron chi connectivity index (χ4n) is 3.50. The van der Waals surface area contributed by atoms with Gasteiger partial charge in [0.1, 0.15) is 11.5 Å². The molecule has 132 valence electrons. The largest absolute Gasteiger partial charge is 0.508 e. The van der Waals surface area contributed by atoms with Crippen molar-refractivity contribution in [1.82, 2.24) is 0 Å². The summed E-state index contributed by atoms with van der Waals surface area (Å²) in [7, 11) is 1.16. The smallest absolute Gasteiger partial charge is 0.269 e. The number of methoxy groups -OCH3 is 1. The van der Waals surface area contributed by atoms with Crippen molar-refractivity contribution in [3.63, 3.8) is 0 Å². The van der Waals surface area contributed by atoms with Crippen molar-refractivity contribution in [3.05, 3.63) is 34.1 Å². The summed E-state index contributed by atoms with van der Waals surface area (Å²) in [4.78, 5) is 38.9. The molecule has 3 rings (SSSR count). The Hall–Kier alpha value is -2.67. The van der Waals surface area contributed by atoms with Crippen LogP contribution in [0.4, 0.5) is 0 Å². The summed E-state index contributed by atoms with van der Waals surface area (Å²) in [5.74, 6) is -3.27. The minimum atomic E-state index is -2.28. The zero-order valence-corrected chi connectivity index (χ0v) is 14.5. The van der Waals surface area contributed by atoms with Gasteiger partial charge in [0.2, 0.25) is 17.3 Å². The molecule has 1 aliphatic heterocycles. The summed E-state index contributed by atoms with van der Waals surface area (Å²) in [6.45, 7) is 5.63. The number of ketones is 3.